The third-order valence-corrected chi connectivity index (χ3v) is 2.33. The first-order valence-electron chi connectivity index (χ1n) is 3.21. The highest BCUT2D eigenvalue weighted by Crippen LogP contribution is 2.29. The lowest BCUT2D eigenvalue weighted by molar-refractivity contribution is -0.141. The van der Waals surface area contributed by atoms with Crippen LogP contribution < -0.4 is 5.73 Å². The number of carbonyl (C=O) groups is 1. The second-order valence-corrected chi connectivity index (χ2v) is 3.46. The van der Waals surface area contributed by atoms with Crippen molar-refractivity contribution >= 4 is 21.9 Å². The van der Waals surface area contributed by atoms with E-state index in [9.17, 15) is 9.18 Å². The maximum atomic E-state index is 12.9. The van der Waals surface area contributed by atoms with E-state index in [-0.39, 0.29) is 10.9 Å². The van der Waals surface area contributed by atoms with E-state index in [4.69, 9.17) is 10.8 Å². The predicted octanol–water partition coefficient (Wildman–Crippen LogP) is 1.30. The van der Waals surface area contributed by atoms with E-state index in [1.807, 2.05) is 0 Å². The van der Waals surface area contributed by atoms with Gasteiger partial charge in [0.1, 0.15) is 11.4 Å². The van der Waals surface area contributed by atoms with Gasteiger partial charge in [-0.3, -0.25) is 0 Å². The van der Waals surface area contributed by atoms with Crippen LogP contribution in [0.4, 0.5) is 4.39 Å². The molecule has 66 valence electrons. The molecule has 0 aromatic rings. The third kappa shape index (κ3) is 1.56. The molecule has 0 radical (unpaired) electrons. The Morgan fingerprint density at radius 2 is 2.42 bits per heavy atom. The number of rotatable bonds is 1. The number of carboxylic acid groups (broad SMARTS) is 1. The minimum atomic E-state index is -1.60. The van der Waals surface area contributed by atoms with E-state index < -0.39 is 17.3 Å². The van der Waals surface area contributed by atoms with Crippen LogP contribution >= 0.6 is 15.9 Å². The fourth-order valence-electron chi connectivity index (χ4n) is 0.859. The van der Waals surface area contributed by atoms with Gasteiger partial charge in [-0.25, -0.2) is 9.18 Å². The molecule has 1 aliphatic rings. The van der Waals surface area contributed by atoms with Crippen LogP contribution in [0.1, 0.15) is 6.42 Å². The molecular formula is C7H7BrFNO2. The zero-order valence-electron chi connectivity index (χ0n) is 6.05. The van der Waals surface area contributed by atoms with Crippen molar-refractivity contribution in [3.05, 3.63) is 22.5 Å². The maximum absolute atomic E-state index is 12.9. The fraction of sp³-hybridized carbons (Fsp3) is 0.286. The van der Waals surface area contributed by atoms with Gasteiger partial charge in [-0.2, -0.15) is 0 Å². The van der Waals surface area contributed by atoms with Gasteiger partial charge < -0.3 is 10.8 Å². The van der Waals surface area contributed by atoms with Gasteiger partial charge in [0.25, 0.3) is 0 Å². The first-order chi connectivity index (χ1) is 5.46. The summed E-state index contributed by atoms with van der Waals surface area (Å²) in [6.07, 6.45) is 2.27. The number of hydrogen-bond donors (Lipinski definition) is 2. The molecule has 0 aliphatic heterocycles. The highest BCUT2D eigenvalue weighted by atomic mass is 79.9. The van der Waals surface area contributed by atoms with E-state index >= 15 is 0 Å². The topological polar surface area (TPSA) is 63.3 Å². The summed E-state index contributed by atoms with van der Waals surface area (Å²) in [5, 5.41) is 8.62. The molecule has 0 fully saturated rings. The standard InChI is InChI=1S/C7H7BrFNO2/c8-4-1-2-7(10,6(11)12)3-5(4)9/h1-2H,3,10H2,(H,11,12). The van der Waals surface area contributed by atoms with Crippen molar-refractivity contribution in [3.63, 3.8) is 0 Å². The summed E-state index contributed by atoms with van der Waals surface area (Å²) in [6.45, 7) is 0. The highest BCUT2D eigenvalue weighted by molar-refractivity contribution is 9.11. The number of aliphatic carboxylic acids is 1. The molecule has 1 rings (SSSR count). The van der Waals surface area contributed by atoms with Gasteiger partial charge in [0.05, 0.1) is 0 Å². The minimum absolute atomic E-state index is 0.254. The molecule has 3 nitrogen and oxygen atoms in total. The summed E-state index contributed by atoms with van der Waals surface area (Å²) >= 11 is 2.92. The van der Waals surface area contributed by atoms with Gasteiger partial charge in [0, 0.05) is 10.9 Å². The fourth-order valence-corrected chi connectivity index (χ4v) is 1.13. The zero-order chi connectivity index (χ0) is 9.35. The molecule has 0 amide bonds. The summed E-state index contributed by atoms with van der Waals surface area (Å²) in [7, 11) is 0. The van der Waals surface area contributed by atoms with Crippen LogP contribution in [0, 0.1) is 0 Å². The summed E-state index contributed by atoms with van der Waals surface area (Å²) in [5.74, 6) is -1.77. The van der Waals surface area contributed by atoms with E-state index in [1.54, 1.807) is 0 Å². The van der Waals surface area contributed by atoms with Crippen LogP contribution in [0.25, 0.3) is 0 Å². The monoisotopic (exact) mass is 235 g/mol. The molecule has 0 aromatic heterocycles. The first-order valence-corrected chi connectivity index (χ1v) is 4.01. The van der Waals surface area contributed by atoms with Gasteiger partial charge >= 0.3 is 5.97 Å². The largest absolute Gasteiger partial charge is 0.480 e. The molecular weight excluding hydrogens is 229 g/mol. The van der Waals surface area contributed by atoms with Crippen molar-refractivity contribution in [1.29, 1.82) is 0 Å². The molecule has 3 N–H and O–H groups in total. The van der Waals surface area contributed by atoms with Crippen LogP contribution in [0.2, 0.25) is 0 Å². The predicted molar refractivity (Wildman–Crippen MR) is 45.4 cm³/mol. The van der Waals surface area contributed by atoms with Crippen molar-refractivity contribution in [2.45, 2.75) is 12.0 Å². The van der Waals surface area contributed by atoms with Crippen molar-refractivity contribution in [3.8, 4) is 0 Å². The Hall–Kier alpha value is -0.680. The zero-order valence-corrected chi connectivity index (χ0v) is 7.64. The molecule has 12 heavy (non-hydrogen) atoms. The molecule has 0 heterocycles. The van der Waals surface area contributed by atoms with Gasteiger partial charge in [0.15, 0.2) is 0 Å². The molecule has 0 saturated heterocycles. The molecule has 0 saturated carbocycles. The minimum Gasteiger partial charge on any atom is -0.480 e. The number of hydrogen-bond acceptors (Lipinski definition) is 2. The lowest BCUT2D eigenvalue weighted by atomic mass is 9.92. The van der Waals surface area contributed by atoms with E-state index in [1.165, 1.54) is 12.2 Å². The van der Waals surface area contributed by atoms with Gasteiger partial charge in [0.2, 0.25) is 0 Å². The Labute approximate surface area is 76.9 Å². The molecule has 5 heteroatoms. The lowest BCUT2D eigenvalue weighted by Gasteiger charge is -2.22. The summed E-state index contributed by atoms with van der Waals surface area (Å²) in [5.41, 5.74) is 3.78. The Balaban J connectivity index is 2.94. The lowest BCUT2D eigenvalue weighted by Crippen LogP contribution is -2.47. The van der Waals surface area contributed by atoms with E-state index in [2.05, 4.69) is 15.9 Å². The number of nitrogens with two attached hydrogens (primary N) is 1. The summed E-state index contributed by atoms with van der Waals surface area (Å²) in [6, 6.07) is 0. The van der Waals surface area contributed by atoms with Crippen LogP contribution in [0.5, 0.6) is 0 Å². The maximum Gasteiger partial charge on any atom is 0.328 e. The van der Waals surface area contributed by atoms with Crippen molar-refractivity contribution in [1.82, 2.24) is 0 Å². The van der Waals surface area contributed by atoms with E-state index in [0.29, 0.717) is 0 Å². The molecule has 0 bridgehead atoms. The van der Waals surface area contributed by atoms with Crippen LogP contribution in [-0.4, -0.2) is 16.6 Å². The van der Waals surface area contributed by atoms with Crippen LogP contribution in [0.3, 0.4) is 0 Å². The summed E-state index contributed by atoms with van der Waals surface area (Å²) in [4.78, 5) is 10.5. The molecule has 1 aliphatic carbocycles. The van der Waals surface area contributed by atoms with Crippen molar-refractivity contribution in [2.24, 2.45) is 5.73 Å². The smallest absolute Gasteiger partial charge is 0.328 e. The van der Waals surface area contributed by atoms with Crippen molar-refractivity contribution in [2.75, 3.05) is 0 Å². The number of carboxylic acids is 1. The molecule has 1 unspecified atom stereocenters. The third-order valence-electron chi connectivity index (χ3n) is 1.63. The summed E-state index contributed by atoms with van der Waals surface area (Å²) < 4.78 is 13.1. The van der Waals surface area contributed by atoms with Gasteiger partial charge in [-0.15, -0.1) is 0 Å². The molecule has 0 aromatic carbocycles. The van der Waals surface area contributed by atoms with Crippen molar-refractivity contribution < 1.29 is 14.3 Å². The Morgan fingerprint density at radius 3 is 2.83 bits per heavy atom. The number of allylic oxidation sites excluding steroid dienone is 2. The Bertz CT molecular complexity index is 287. The van der Waals surface area contributed by atoms with Gasteiger partial charge in [-0.05, 0) is 22.0 Å². The number of halogens is 2. The average molecular weight is 236 g/mol. The Kier molecular flexibility index (Phi) is 2.34. The second kappa shape index (κ2) is 2.99. The normalized spacial score (nSPS) is 29.2. The quantitative estimate of drug-likeness (QED) is 0.721. The molecule has 0 spiro atoms. The van der Waals surface area contributed by atoms with Crippen LogP contribution in [0.15, 0.2) is 22.5 Å². The Morgan fingerprint density at radius 1 is 1.83 bits per heavy atom. The highest BCUT2D eigenvalue weighted by Gasteiger charge is 2.35. The molecule has 1 atom stereocenters. The van der Waals surface area contributed by atoms with Gasteiger partial charge in [-0.1, -0.05) is 6.08 Å². The first kappa shape index (κ1) is 9.41. The average Bonchev–Trinajstić information content (AvgIpc) is 1.97. The SMILES string of the molecule is NC1(C(=O)O)C=CC(Br)=C(F)C1. The second-order valence-electron chi connectivity index (χ2n) is 2.61. The van der Waals surface area contributed by atoms with E-state index in [0.717, 1.165) is 0 Å². The van der Waals surface area contributed by atoms with Crippen LogP contribution in [-0.2, 0) is 4.79 Å².